The Labute approximate surface area is 144 Å². The molecule has 24 heavy (non-hydrogen) atoms. The molecule has 0 aromatic carbocycles. The number of rotatable bonds is 1. The Morgan fingerprint density at radius 2 is 1.92 bits per heavy atom. The van der Waals surface area contributed by atoms with Crippen LogP contribution in [0.25, 0.3) is 0 Å². The second-order valence-electron chi connectivity index (χ2n) is 9.99. The zero-order chi connectivity index (χ0) is 16.9. The summed E-state index contributed by atoms with van der Waals surface area (Å²) in [5.41, 5.74) is -0.0313. The average Bonchev–Trinajstić information content (AvgIpc) is 3.21. The molecule has 5 rings (SSSR count). The zero-order valence-electron chi connectivity index (χ0n) is 15.3. The second-order valence-corrected chi connectivity index (χ2v) is 9.99. The Kier molecular flexibility index (Phi) is 2.93. The van der Waals surface area contributed by atoms with Gasteiger partial charge in [0.05, 0.1) is 6.10 Å². The van der Waals surface area contributed by atoms with E-state index in [-0.39, 0.29) is 17.3 Å². The van der Waals surface area contributed by atoms with Crippen molar-refractivity contribution in [1.82, 2.24) is 0 Å². The fraction of sp³-hybridized carbons (Fsp3) is 0.905. The van der Waals surface area contributed by atoms with E-state index in [0.29, 0.717) is 23.0 Å². The van der Waals surface area contributed by atoms with Crippen molar-refractivity contribution in [3.63, 3.8) is 0 Å². The van der Waals surface area contributed by atoms with Crippen LogP contribution in [-0.4, -0.2) is 23.3 Å². The van der Waals surface area contributed by atoms with Gasteiger partial charge in [-0.25, -0.2) is 0 Å². The highest BCUT2D eigenvalue weighted by molar-refractivity contribution is 5.90. The van der Waals surface area contributed by atoms with Gasteiger partial charge < -0.3 is 4.74 Å². The lowest BCUT2D eigenvalue weighted by molar-refractivity contribution is -0.151. The van der Waals surface area contributed by atoms with Crippen molar-refractivity contribution in [2.45, 2.75) is 83.8 Å². The minimum Gasteiger partial charge on any atom is -0.357 e. The Morgan fingerprint density at radius 1 is 1.12 bits per heavy atom. The standard InChI is InChI=1S/C21H30O3/c1-12(22)21-18(24-21)11-17-15-5-4-13-10-14(23)6-8-19(13,2)16(15)7-9-20(17,21)3/h13,15-18H,4-11H2,1-3H3/t13-,15+,16+,17-,18-,19-,20+,21-/m0/s1. The monoisotopic (exact) mass is 330 g/mol. The van der Waals surface area contributed by atoms with E-state index in [4.69, 9.17) is 4.74 Å². The molecule has 1 heterocycles. The third kappa shape index (κ3) is 1.59. The van der Waals surface area contributed by atoms with Crippen molar-refractivity contribution in [3.8, 4) is 0 Å². The molecule has 3 heteroatoms. The van der Waals surface area contributed by atoms with E-state index in [1.54, 1.807) is 6.92 Å². The highest BCUT2D eigenvalue weighted by atomic mass is 16.6. The Hall–Kier alpha value is -0.700. The number of Topliss-reactive ketones (excluding diaryl/α,β-unsaturated/α-hetero) is 2. The number of ether oxygens (including phenoxy) is 1. The van der Waals surface area contributed by atoms with Crippen molar-refractivity contribution >= 4 is 11.6 Å². The molecule has 1 saturated heterocycles. The summed E-state index contributed by atoms with van der Waals surface area (Å²) in [4.78, 5) is 24.4. The second kappa shape index (κ2) is 4.52. The van der Waals surface area contributed by atoms with Gasteiger partial charge in [0.15, 0.2) is 11.4 Å². The smallest absolute Gasteiger partial charge is 0.164 e. The van der Waals surface area contributed by atoms with E-state index in [1.807, 2.05) is 0 Å². The van der Waals surface area contributed by atoms with Crippen molar-refractivity contribution in [2.75, 3.05) is 0 Å². The van der Waals surface area contributed by atoms with Crippen LogP contribution in [0.5, 0.6) is 0 Å². The predicted octanol–water partition coefficient (Wildman–Crippen LogP) is 3.93. The molecule has 1 aliphatic heterocycles. The minimum absolute atomic E-state index is 0.0539. The van der Waals surface area contributed by atoms with E-state index in [2.05, 4.69) is 13.8 Å². The number of carbonyl (C=O) groups excluding carboxylic acids is 2. The Balaban J connectivity index is 1.48. The fourth-order valence-corrected chi connectivity index (χ4v) is 8.11. The molecular weight excluding hydrogens is 300 g/mol. The lowest BCUT2D eigenvalue weighted by Gasteiger charge is -2.60. The van der Waals surface area contributed by atoms with Crippen molar-refractivity contribution in [3.05, 3.63) is 0 Å². The van der Waals surface area contributed by atoms with E-state index >= 15 is 0 Å². The van der Waals surface area contributed by atoms with Crippen LogP contribution in [0.1, 0.15) is 72.1 Å². The highest BCUT2D eigenvalue weighted by Gasteiger charge is 2.79. The third-order valence-corrected chi connectivity index (χ3v) is 9.44. The lowest BCUT2D eigenvalue weighted by Crippen LogP contribution is -2.56. The minimum atomic E-state index is -0.442. The number of carbonyl (C=O) groups is 2. The summed E-state index contributed by atoms with van der Waals surface area (Å²) in [6.45, 7) is 6.57. The van der Waals surface area contributed by atoms with Crippen LogP contribution in [0.15, 0.2) is 0 Å². The predicted molar refractivity (Wildman–Crippen MR) is 90.4 cm³/mol. The van der Waals surface area contributed by atoms with Crippen LogP contribution < -0.4 is 0 Å². The molecule has 132 valence electrons. The molecule has 4 saturated carbocycles. The third-order valence-electron chi connectivity index (χ3n) is 9.44. The van der Waals surface area contributed by atoms with E-state index in [0.717, 1.165) is 43.9 Å². The van der Waals surface area contributed by atoms with Crippen LogP contribution in [0.3, 0.4) is 0 Å². The number of hydrogen-bond donors (Lipinski definition) is 0. The SMILES string of the molecule is CC(=O)[C@]12O[C@H]1C[C@H]1[C@@H]3CC[C@H]4CC(=O)CC[C@]4(C)[C@@H]3CC[C@]12C. The Morgan fingerprint density at radius 3 is 2.67 bits per heavy atom. The number of hydrogen-bond acceptors (Lipinski definition) is 3. The van der Waals surface area contributed by atoms with Crippen LogP contribution in [0.4, 0.5) is 0 Å². The van der Waals surface area contributed by atoms with Gasteiger partial charge >= 0.3 is 0 Å². The molecule has 0 unspecified atom stereocenters. The lowest BCUT2D eigenvalue weighted by atomic mass is 9.44. The van der Waals surface area contributed by atoms with Gasteiger partial charge in [0.2, 0.25) is 0 Å². The summed E-state index contributed by atoms with van der Waals surface area (Å²) in [6, 6.07) is 0. The summed E-state index contributed by atoms with van der Waals surface area (Å²) in [5.74, 6) is 3.50. The maximum Gasteiger partial charge on any atom is 0.164 e. The molecule has 0 spiro atoms. The number of fused-ring (bicyclic) bond motifs is 7. The molecule has 0 N–H and O–H groups in total. The first kappa shape index (κ1) is 15.5. The quantitative estimate of drug-likeness (QED) is 0.684. The molecule has 3 nitrogen and oxygen atoms in total. The maximum absolute atomic E-state index is 12.4. The van der Waals surface area contributed by atoms with Crippen LogP contribution in [-0.2, 0) is 14.3 Å². The van der Waals surface area contributed by atoms with Crippen LogP contribution in [0, 0.1) is 34.5 Å². The topological polar surface area (TPSA) is 46.7 Å². The average molecular weight is 330 g/mol. The number of epoxide rings is 1. The first-order chi connectivity index (χ1) is 11.3. The van der Waals surface area contributed by atoms with E-state index < -0.39 is 5.60 Å². The molecule has 0 amide bonds. The van der Waals surface area contributed by atoms with E-state index in [1.165, 1.54) is 19.3 Å². The van der Waals surface area contributed by atoms with Crippen LogP contribution >= 0.6 is 0 Å². The normalized spacial score (nSPS) is 58.3. The zero-order valence-corrected chi connectivity index (χ0v) is 15.3. The summed E-state index contributed by atoms with van der Waals surface area (Å²) < 4.78 is 6.01. The number of ketones is 2. The van der Waals surface area contributed by atoms with Gasteiger partial charge in [-0.1, -0.05) is 13.8 Å². The molecule has 5 fully saturated rings. The first-order valence-electron chi connectivity index (χ1n) is 10.0. The van der Waals surface area contributed by atoms with Crippen molar-refractivity contribution < 1.29 is 14.3 Å². The van der Waals surface area contributed by atoms with Crippen molar-refractivity contribution in [1.29, 1.82) is 0 Å². The molecule has 5 aliphatic rings. The van der Waals surface area contributed by atoms with Crippen LogP contribution in [0.2, 0.25) is 0 Å². The first-order valence-corrected chi connectivity index (χ1v) is 10.0. The van der Waals surface area contributed by atoms with Gasteiger partial charge in [-0.15, -0.1) is 0 Å². The van der Waals surface area contributed by atoms with Gasteiger partial charge in [0.25, 0.3) is 0 Å². The summed E-state index contributed by atoms with van der Waals surface area (Å²) in [5, 5.41) is 0. The highest BCUT2D eigenvalue weighted by Crippen LogP contribution is 2.73. The molecule has 0 bridgehead atoms. The Bertz CT molecular complexity index is 627. The summed E-state index contributed by atoms with van der Waals surface area (Å²) in [6.07, 6.45) is 8.84. The summed E-state index contributed by atoms with van der Waals surface area (Å²) in [7, 11) is 0. The maximum atomic E-state index is 12.4. The van der Waals surface area contributed by atoms with Gasteiger partial charge in [0, 0.05) is 18.3 Å². The van der Waals surface area contributed by atoms with Gasteiger partial charge in [-0.2, -0.15) is 0 Å². The van der Waals surface area contributed by atoms with Gasteiger partial charge in [0.1, 0.15) is 5.78 Å². The fourth-order valence-electron chi connectivity index (χ4n) is 8.11. The van der Waals surface area contributed by atoms with Gasteiger partial charge in [-0.05, 0) is 74.5 Å². The van der Waals surface area contributed by atoms with E-state index in [9.17, 15) is 9.59 Å². The molecule has 8 atom stereocenters. The molecule has 0 radical (unpaired) electrons. The van der Waals surface area contributed by atoms with Crippen molar-refractivity contribution in [2.24, 2.45) is 34.5 Å². The molecule has 0 aromatic heterocycles. The summed E-state index contributed by atoms with van der Waals surface area (Å²) >= 11 is 0. The molecule has 0 aromatic rings. The van der Waals surface area contributed by atoms with Gasteiger partial charge in [-0.3, -0.25) is 9.59 Å². The molecular formula is C21H30O3. The largest absolute Gasteiger partial charge is 0.357 e. The molecule has 4 aliphatic carbocycles.